The number of carboxylic acids is 1. The van der Waals surface area contributed by atoms with E-state index in [4.69, 9.17) is 14.6 Å². The molecule has 0 spiro atoms. The van der Waals surface area contributed by atoms with Gasteiger partial charge in [-0.25, -0.2) is 0 Å². The topological polar surface area (TPSA) is 130 Å². The lowest BCUT2D eigenvalue weighted by Gasteiger charge is -2.30. The number of halogens is 2. The minimum absolute atomic E-state index is 0.0851. The number of carboxylic acid groups (broad SMARTS) is 1. The Morgan fingerprint density at radius 3 is 2.60 bits per heavy atom. The number of aliphatic carboxylic acids is 1. The molecule has 0 aromatic carbocycles. The first-order chi connectivity index (χ1) is 14.2. The average Bonchev–Trinajstić information content (AvgIpc) is 3.17. The zero-order valence-electron chi connectivity index (χ0n) is 16.6. The molecule has 0 aliphatic carbocycles. The summed E-state index contributed by atoms with van der Waals surface area (Å²) in [5, 5.41) is 23.7. The molecule has 0 radical (unpaired) electrons. The zero-order valence-corrected chi connectivity index (χ0v) is 16.6. The molecule has 0 aliphatic heterocycles. The third-order valence-electron chi connectivity index (χ3n) is 4.81. The Morgan fingerprint density at radius 2 is 2.07 bits per heavy atom. The Balaban J connectivity index is 2.44. The monoisotopic (exact) mass is 428 g/mol. The smallest absolute Gasteiger partial charge is 0.334 e. The van der Waals surface area contributed by atoms with Gasteiger partial charge in [-0.05, 0) is 25.0 Å². The first kappa shape index (κ1) is 23.3. The third kappa shape index (κ3) is 4.76. The van der Waals surface area contributed by atoms with Crippen molar-refractivity contribution in [1.82, 2.24) is 14.8 Å². The van der Waals surface area contributed by atoms with Crippen LogP contribution >= 0.6 is 0 Å². The quantitative estimate of drug-likeness (QED) is 0.327. The molecule has 164 valence electrons. The van der Waals surface area contributed by atoms with Gasteiger partial charge in [-0.3, -0.25) is 19.9 Å². The van der Waals surface area contributed by atoms with Crippen molar-refractivity contribution in [3.63, 3.8) is 0 Å². The summed E-state index contributed by atoms with van der Waals surface area (Å²) in [6.45, 7) is -1.51. The molecule has 0 aliphatic rings. The molecule has 30 heavy (non-hydrogen) atoms. The summed E-state index contributed by atoms with van der Waals surface area (Å²) < 4.78 is 37.9. The first-order valence-electron chi connectivity index (χ1n) is 8.97. The molecule has 2 aromatic heterocycles. The number of nitro groups is 1. The number of hydrogen-bond acceptors (Lipinski definition) is 7. The van der Waals surface area contributed by atoms with Crippen LogP contribution in [0.2, 0.25) is 0 Å². The van der Waals surface area contributed by atoms with Crippen LogP contribution in [0.4, 0.5) is 14.5 Å². The summed E-state index contributed by atoms with van der Waals surface area (Å²) in [4.78, 5) is 25.7. The molecule has 0 unspecified atom stereocenters. The standard InChI is InChI=1S/C18H22F2N4O6/c1-11(16(25)26)5-4-7-18(29-2,30-3)14-9-12(6-8-21-14)15-13(24(27)28)10-22-23(15)17(19)20/h6,8-11,17H,4-5,7H2,1-3H3,(H,25,26)/t11-/m1/s1. The van der Waals surface area contributed by atoms with Gasteiger partial charge < -0.3 is 14.6 Å². The van der Waals surface area contributed by atoms with E-state index in [1.165, 1.54) is 32.5 Å². The molecule has 12 heteroatoms. The molecule has 0 bridgehead atoms. The van der Waals surface area contributed by atoms with Gasteiger partial charge in [0.1, 0.15) is 11.9 Å². The molecule has 2 rings (SSSR count). The highest BCUT2D eigenvalue weighted by molar-refractivity contribution is 5.70. The SMILES string of the molecule is COC(CCC[C@@H](C)C(=O)O)(OC)c1cc(-c2c([N+](=O)[O-])cnn2C(F)F)ccn1. The summed E-state index contributed by atoms with van der Waals surface area (Å²) in [5.74, 6) is -2.89. The van der Waals surface area contributed by atoms with Crippen LogP contribution < -0.4 is 0 Å². The van der Waals surface area contributed by atoms with E-state index in [9.17, 15) is 23.7 Å². The largest absolute Gasteiger partial charge is 0.481 e. The van der Waals surface area contributed by atoms with Crippen molar-refractivity contribution < 1.29 is 33.1 Å². The third-order valence-corrected chi connectivity index (χ3v) is 4.81. The lowest BCUT2D eigenvalue weighted by molar-refractivity contribution is -0.384. The molecule has 1 N–H and O–H groups in total. The highest BCUT2D eigenvalue weighted by atomic mass is 19.3. The summed E-state index contributed by atoms with van der Waals surface area (Å²) in [6, 6.07) is 2.70. The predicted molar refractivity (Wildman–Crippen MR) is 99.7 cm³/mol. The zero-order chi connectivity index (χ0) is 22.5. The normalized spacial score (nSPS) is 12.9. The van der Waals surface area contributed by atoms with Crippen LogP contribution in [0.15, 0.2) is 24.5 Å². The number of carbonyl (C=O) groups is 1. The van der Waals surface area contributed by atoms with Gasteiger partial charge in [0.25, 0.3) is 0 Å². The Kier molecular flexibility index (Phi) is 7.51. The summed E-state index contributed by atoms with van der Waals surface area (Å²) >= 11 is 0. The Labute approximate surface area is 170 Å². The van der Waals surface area contributed by atoms with Crippen molar-refractivity contribution in [2.45, 2.75) is 38.5 Å². The second kappa shape index (κ2) is 9.67. The minimum atomic E-state index is -3.09. The summed E-state index contributed by atoms with van der Waals surface area (Å²) in [5.41, 5.74) is -0.673. The molecule has 1 atom stereocenters. The van der Waals surface area contributed by atoms with Crippen LogP contribution in [0.5, 0.6) is 0 Å². The van der Waals surface area contributed by atoms with Gasteiger partial charge in [-0.1, -0.05) is 6.92 Å². The fourth-order valence-corrected chi connectivity index (χ4v) is 3.09. The Hall–Kier alpha value is -2.99. The molecule has 0 fully saturated rings. The number of ether oxygens (including phenoxy) is 2. The van der Waals surface area contributed by atoms with Crippen molar-refractivity contribution in [1.29, 1.82) is 0 Å². The van der Waals surface area contributed by atoms with Crippen LogP contribution in [-0.4, -0.2) is 45.0 Å². The van der Waals surface area contributed by atoms with Crippen LogP contribution in [0, 0.1) is 16.0 Å². The molecule has 0 saturated heterocycles. The van der Waals surface area contributed by atoms with Gasteiger partial charge in [-0.2, -0.15) is 18.6 Å². The second-order valence-electron chi connectivity index (χ2n) is 6.58. The van der Waals surface area contributed by atoms with Crippen LogP contribution in [0.3, 0.4) is 0 Å². The van der Waals surface area contributed by atoms with Crippen LogP contribution in [0.1, 0.15) is 38.4 Å². The predicted octanol–water partition coefficient (Wildman–Crippen LogP) is 3.59. The molecular weight excluding hydrogens is 406 g/mol. The minimum Gasteiger partial charge on any atom is -0.481 e. The van der Waals surface area contributed by atoms with E-state index in [1.54, 1.807) is 6.92 Å². The van der Waals surface area contributed by atoms with E-state index in [1.807, 2.05) is 0 Å². The number of nitrogens with zero attached hydrogens (tertiary/aromatic N) is 4. The Bertz CT molecular complexity index is 901. The van der Waals surface area contributed by atoms with Crippen molar-refractivity contribution in [3.8, 4) is 11.3 Å². The number of rotatable bonds is 11. The van der Waals surface area contributed by atoms with E-state index in [-0.39, 0.29) is 28.1 Å². The van der Waals surface area contributed by atoms with E-state index in [2.05, 4.69) is 10.1 Å². The van der Waals surface area contributed by atoms with Crippen LogP contribution in [0.25, 0.3) is 11.3 Å². The van der Waals surface area contributed by atoms with Gasteiger partial charge in [0.05, 0.1) is 10.8 Å². The van der Waals surface area contributed by atoms with Gasteiger partial charge in [-0.15, -0.1) is 0 Å². The van der Waals surface area contributed by atoms with Crippen LogP contribution in [-0.2, 0) is 20.1 Å². The lowest BCUT2D eigenvalue weighted by Crippen LogP contribution is -2.32. The second-order valence-corrected chi connectivity index (χ2v) is 6.58. The number of alkyl halides is 2. The van der Waals surface area contributed by atoms with E-state index >= 15 is 0 Å². The van der Waals surface area contributed by atoms with Crippen molar-refractivity contribution in [2.75, 3.05) is 14.2 Å². The lowest BCUT2D eigenvalue weighted by atomic mass is 9.97. The maximum atomic E-state index is 13.3. The van der Waals surface area contributed by atoms with Crippen molar-refractivity contribution in [2.24, 2.45) is 5.92 Å². The molecular formula is C18H22F2N4O6. The van der Waals surface area contributed by atoms with Gasteiger partial charge in [0.2, 0.25) is 5.79 Å². The average molecular weight is 428 g/mol. The number of hydrogen-bond donors (Lipinski definition) is 1. The fourth-order valence-electron chi connectivity index (χ4n) is 3.09. The van der Waals surface area contributed by atoms with E-state index in [0.29, 0.717) is 12.8 Å². The van der Waals surface area contributed by atoms with Crippen molar-refractivity contribution >= 4 is 11.7 Å². The maximum Gasteiger partial charge on any atom is 0.334 e. The fraction of sp³-hybridized carbons (Fsp3) is 0.500. The molecule has 2 heterocycles. The highest BCUT2D eigenvalue weighted by Gasteiger charge is 2.35. The molecule has 2 aromatic rings. The number of methoxy groups -OCH3 is 2. The first-order valence-corrected chi connectivity index (χ1v) is 8.97. The van der Waals surface area contributed by atoms with E-state index < -0.39 is 34.8 Å². The molecule has 10 nitrogen and oxygen atoms in total. The number of pyridine rings is 1. The van der Waals surface area contributed by atoms with Gasteiger partial charge in [0, 0.05) is 32.4 Å². The van der Waals surface area contributed by atoms with Gasteiger partial charge >= 0.3 is 18.2 Å². The van der Waals surface area contributed by atoms with Gasteiger partial charge in [0.15, 0.2) is 5.69 Å². The highest BCUT2D eigenvalue weighted by Crippen LogP contribution is 2.36. The summed E-state index contributed by atoms with van der Waals surface area (Å²) in [7, 11) is 2.73. The molecule has 0 amide bonds. The Morgan fingerprint density at radius 1 is 1.40 bits per heavy atom. The summed E-state index contributed by atoms with van der Waals surface area (Å²) in [6.07, 6.45) is 3.05. The maximum absolute atomic E-state index is 13.3. The number of aromatic nitrogens is 3. The molecule has 0 saturated carbocycles. The van der Waals surface area contributed by atoms with E-state index in [0.717, 1.165) is 6.20 Å². The van der Waals surface area contributed by atoms with Crippen molar-refractivity contribution in [3.05, 3.63) is 40.3 Å².